The van der Waals surface area contributed by atoms with Crippen LogP contribution >= 0.6 is 0 Å². The molecule has 1 saturated heterocycles. The van der Waals surface area contributed by atoms with Crippen LogP contribution in [0.15, 0.2) is 0 Å². The SMILES string of the molecule is CCOC1(C)CCCN(C)C1. The minimum absolute atomic E-state index is 0.127. The smallest absolute Gasteiger partial charge is 0.0781 e. The standard InChI is InChI=1S/C9H19NO/c1-4-11-9(2)6-5-7-10(3)8-9/h4-8H2,1-3H3. The molecular weight excluding hydrogens is 138 g/mol. The van der Waals surface area contributed by atoms with Crippen molar-refractivity contribution in [3.05, 3.63) is 0 Å². The van der Waals surface area contributed by atoms with Gasteiger partial charge in [-0.15, -0.1) is 0 Å². The van der Waals surface area contributed by atoms with Crippen molar-refractivity contribution < 1.29 is 4.74 Å². The molecular formula is C9H19NO. The van der Waals surface area contributed by atoms with Crippen LogP contribution in [0.1, 0.15) is 26.7 Å². The number of hydrogen-bond acceptors (Lipinski definition) is 2. The number of ether oxygens (including phenoxy) is 1. The van der Waals surface area contributed by atoms with Gasteiger partial charge in [0.05, 0.1) is 5.60 Å². The molecule has 1 rings (SSSR count). The summed E-state index contributed by atoms with van der Waals surface area (Å²) >= 11 is 0. The lowest BCUT2D eigenvalue weighted by molar-refractivity contribution is -0.0673. The number of piperidine rings is 1. The van der Waals surface area contributed by atoms with Gasteiger partial charge in [0.25, 0.3) is 0 Å². The molecule has 0 amide bonds. The van der Waals surface area contributed by atoms with Crippen molar-refractivity contribution in [3.8, 4) is 0 Å². The fourth-order valence-corrected chi connectivity index (χ4v) is 1.92. The first-order chi connectivity index (χ1) is 5.16. The van der Waals surface area contributed by atoms with E-state index in [2.05, 4.69) is 25.8 Å². The molecule has 2 heteroatoms. The van der Waals surface area contributed by atoms with Crippen molar-refractivity contribution in [2.24, 2.45) is 0 Å². The highest BCUT2D eigenvalue weighted by molar-refractivity contribution is 4.83. The molecule has 0 radical (unpaired) electrons. The topological polar surface area (TPSA) is 12.5 Å². The average molecular weight is 157 g/mol. The maximum Gasteiger partial charge on any atom is 0.0781 e. The maximum absolute atomic E-state index is 5.70. The fraction of sp³-hybridized carbons (Fsp3) is 1.00. The summed E-state index contributed by atoms with van der Waals surface area (Å²) in [7, 11) is 2.16. The molecule has 0 saturated carbocycles. The summed E-state index contributed by atoms with van der Waals surface area (Å²) in [4.78, 5) is 2.35. The second-order valence-corrected chi connectivity index (χ2v) is 3.72. The van der Waals surface area contributed by atoms with Gasteiger partial charge in [-0.25, -0.2) is 0 Å². The van der Waals surface area contributed by atoms with Gasteiger partial charge in [0, 0.05) is 13.2 Å². The van der Waals surface area contributed by atoms with E-state index in [1.807, 2.05) is 0 Å². The molecule has 0 aromatic carbocycles. The number of rotatable bonds is 2. The second-order valence-electron chi connectivity index (χ2n) is 3.72. The van der Waals surface area contributed by atoms with Gasteiger partial charge >= 0.3 is 0 Å². The second kappa shape index (κ2) is 3.55. The highest BCUT2D eigenvalue weighted by Crippen LogP contribution is 2.23. The molecule has 1 aliphatic rings. The zero-order valence-electron chi connectivity index (χ0n) is 7.89. The Morgan fingerprint density at radius 3 is 2.82 bits per heavy atom. The van der Waals surface area contributed by atoms with E-state index in [9.17, 15) is 0 Å². The predicted octanol–water partition coefficient (Wildman–Crippen LogP) is 1.51. The average Bonchev–Trinajstić information content (AvgIpc) is 1.86. The monoisotopic (exact) mass is 157 g/mol. The van der Waals surface area contributed by atoms with E-state index in [0.29, 0.717) is 0 Å². The molecule has 0 aliphatic carbocycles. The van der Waals surface area contributed by atoms with Crippen molar-refractivity contribution in [3.63, 3.8) is 0 Å². The van der Waals surface area contributed by atoms with Crippen LogP contribution in [0.5, 0.6) is 0 Å². The minimum Gasteiger partial charge on any atom is -0.374 e. The van der Waals surface area contributed by atoms with Crippen molar-refractivity contribution in [1.29, 1.82) is 0 Å². The molecule has 66 valence electrons. The third-order valence-electron chi connectivity index (χ3n) is 2.34. The number of likely N-dealkylation sites (tertiary alicyclic amines) is 1. The summed E-state index contributed by atoms with van der Waals surface area (Å²) in [5.74, 6) is 0. The van der Waals surface area contributed by atoms with Crippen LogP contribution in [0, 0.1) is 0 Å². The molecule has 0 aromatic rings. The van der Waals surface area contributed by atoms with Gasteiger partial charge in [0.2, 0.25) is 0 Å². The van der Waals surface area contributed by atoms with Crippen molar-refractivity contribution in [2.45, 2.75) is 32.3 Å². The lowest BCUT2D eigenvalue weighted by Gasteiger charge is -2.38. The highest BCUT2D eigenvalue weighted by atomic mass is 16.5. The zero-order chi connectivity index (χ0) is 8.32. The quantitative estimate of drug-likeness (QED) is 0.602. The fourth-order valence-electron chi connectivity index (χ4n) is 1.92. The Morgan fingerprint density at radius 2 is 2.27 bits per heavy atom. The third kappa shape index (κ3) is 2.46. The number of likely N-dealkylation sites (N-methyl/N-ethyl adjacent to an activating group) is 1. The first-order valence-corrected chi connectivity index (χ1v) is 4.49. The van der Waals surface area contributed by atoms with Crippen LogP contribution in [0.3, 0.4) is 0 Å². The molecule has 1 heterocycles. The minimum atomic E-state index is 0.127. The molecule has 0 aromatic heterocycles. The van der Waals surface area contributed by atoms with E-state index < -0.39 is 0 Å². The Bertz CT molecular complexity index is 123. The Balaban J connectivity index is 2.41. The Kier molecular flexibility index (Phi) is 2.90. The molecule has 1 fully saturated rings. The van der Waals surface area contributed by atoms with E-state index in [1.54, 1.807) is 0 Å². The van der Waals surface area contributed by atoms with Gasteiger partial charge in [-0.05, 0) is 40.3 Å². The summed E-state index contributed by atoms with van der Waals surface area (Å²) < 4.78 is 5.70. The van der Waals surface area contributed by atoms with Crippen LogP contribution in [0.2, 0.25) is 0 Å². The van der Waals surface area contributed by atoms with Gasteiger partial charge < -0.3 is 9.64 Å². The number of hydrogen-bond donors (Lipinski definition) is 0. The Labute approximate surface area is 69.5 Å². The van der Waals surface area contributed by atoms with Gasteiger partial charge in [-0.1, -0.05) is 0 Å². The molecule has 0 N–H and O–H groups in total. The molecule has 2 nitrogen and oxygen atoms in total. The van der Waals surface area contributed by atoms with E-state index in [4.69, 9.17) is 4.74 Å². The van der Waals surface area contributed by atoms with E-state index in [0.717, 1.165) is 13.2 Å². The van der Waals surface area contributed by atoms with E-state index in [-0.39, 0.29) is 5.60 Å². The molecule has 0 spiro atoms. The number of nitrogens with zero attached hydrogens (tertiary/aromatic N) is 1. The third-order valence-corrected chi connectivity index (χ3v) is 2.34. The molecule has 0 bridgehead atoms. The van der Waals surface area contributed by atoms with E-state index in [1.165, 1.54) is 19.4 Å². The normalized spacial score (nSPS) is 34.1. The lowest BCUT2D eigenvalue weighted by atomic mass is 9.95. The lowest BCUT2D eigenvalue weighted by Crippen LogP contribution is -2.46. The largest absolute Gasteiger partial charge is 0.374 e. The van der Waals surface area contributed by atoms with Crippen LogP contribution in [0.4, 0.5) is 0 Å². The Morgan fingerprint density at radius 1 is 1.55 bits per heavy atom. The van der Waals surface area contributed by atoms with Crippen LogP contribution in [0.25, 0.3) is 0 Å². The van der Waals surface area contributed by atoms with Gasteiger partial charge in [-0.2, -0.15) is 0 Å². The highest BCUT2D eigenvalue weighted by Gasteiger charge is 2.29. The Hall–Kier alpha value is -0.0800. The molecule has 1 aliphatic heterocycles. The van der Waals surface area contributed by atoms with Crippen molar-refractivity contribution >= 4 is 0 Å². The van der Waals surface area contributed by atoms with Crippen LogP contribution < -0.4 is 0 Å². The summed E-state index contributed by atoms with van der Waals surface area (Å²) in [6.07, 6.45) is 2.48. The van der Waals surface area contributed by atoms with Gasteiger partial charge in [0.15, 0.2) is 0 Å². The van der Waals surface area contributed by atoms with Crippen molar-refractivity contribution in [2.75, 3.05) is 26.7 Å². The summed E-state index contributed by atoms with van der Waals surface area (Å²) in [6.45, 7) is 7.43. The molecule has 1 unspecified atom stereocenters. The van der Waals surface area contributed by atoms with Crippen LogP contribution in [-0.4, -0.2) is 37.2 Å². The predicted molar refractivity (Wildman–Crippen MR) is 46.8 cm³/mol. The summed E-state index contributed by atoms with van der Waals surface area (Å²) in [5.41, 5.74) is 0.127. The molecule has 1 atom stereocenters. The van der Waals surface area contributed by atoms with Crippen molar-refractivity contribution in [1.82, 2.24) is 4.90 Å². The molecule has 11 heavy (non-hydrogen) atoms. The van der Waals surface area contributed by atoms with Gasteiger partial charge in [0.1, 0.15) is 0 Å². The maximum atomic E-state index is 5.70. The first kappa shape index (κ1) is 9.01. The van der Waals surface area contributed by atoms with Gasteiger partial charge in [-0.3, -0.25) is 0 Å². The first-order valence-electron chi connectivity index (χ1n) is 4.49. The summed E-state index contributed by atoms with van der Waals surface area (Å²) in [6, 6.07) is 0. The van der Waals surface area contributed by atoms with Crippen LogP contribution in [-0.2, 0) is 4.74 Å². The van der Waals surface area contributed by atoms with E-state index >= 15 is 0 Å². The zero-order valence-corrected chi connectivity index (χ0v) is 7.89. The summed E-state index contributed by atoms with van der Waals surface area (Å²) in [5, 5.41) is 0.